The first-order valence-corrected chi connectivity index (χ1v) is 6.56. The van der Waals surface area contributed by atoms with E-state index in [-0.39, 0.29) is 5.41 Å². The Labute approximate surface area is 112 Å². The molecule has 98 valence electrons. The van der Waals surface area contributed by atoms with Crippen LogP contribution in [0.1, 0.15) is 45.7 Å². The number of hydrogen-bond donors (Lipinski definition) is 1. The Bertz CT molecular complexity index is 430. The molecule has 1 nitrogen and oxygen atoms in total. The van der Waals surface area contributed by atoms with Gasteiger partial charge in [-0.15, -0.1) is 0 Å². The van der Waals surface area contributed by atoms with Crippen molar-refractivity contribution in [2.75, 3.05) is 6.54 Å². The first kappa shape index (κ1) is 14.6. The molecule has 0 heterocycles. The average molecular weight is 243 g/mol. The molecule has 0 bridgehead atoms. The van der Waals surface area contributed by atoms with E-state index in [1.54, 1.807) is 0 Å². The Hall–Kier alpha value is -1.50. The smallest absolute Gasteiger partial charge is 0.0340 e. The third kappa shape index (κ3) is 4.40. The summed E-state index contributed by atoms with van der Waals surface area (Å²) in [5.41, 5.74) is 4.96. The molecule has 0 aliphatic heterocycles. The molecule has 0 amide bonds. The van der Waals surface area contributed by atoms with Gasteiger partial charge in [0.2, 0.25) is 0 Å². The van der Waals surface area contributed by atoms with Crippen LogP contribution in [-0.4, -0.2) is 6.54 Å². The third-order valence-electron chi connectivity index (χ3n) is 2.73. The molecule has 1 heteroatoms. The van der Waals surface area contributed by atoms with Crippen molar-refractivity contribution in [3.8, 4) is 0 Å². The number of rotatable bonds is 4. The highest BCUT2D eigenvalue weighted by Gasteiger charge is 2.07. The predicted octanol–water partition coefficient (Wildman–Crippen LogP) is 4.72. The SMILES string of the molecule is C=C(NCC)c1ccc(/C(C)=C/C(C)(C)C)cc1. The summed E-state index contributed by atoms with van der Waals surface area (Å²) in [5.74, 6) is 0. The molecular formula is C17H25N. The molecule has 0 fully saturated rings. The lowest BCUT2D eigenvalue weighted by atomic mass is 9.91. The van der Waals surface area contributed by atoms with Crippen LogP contribution in [0.4, 0.5) is 0 Å². The van der Waals surface area contributed by atoms with Gasteiger partial charge < -0.3 is 5.32 Å². The Morgan fingerprint density at radius 3 is 2.11 bits per heavy atom. The summed E-state index contributed by atoms with van der Waals surface area (Å²) >= 11 is 0. The van der Waals surface area contributed by atoms with Crippen LogP contribution in [0.25, 0.3) is 11.3 Å². The molecule has 0 atom stereocenters. The van der Waals surface area contributed by atoms with Crippen molar-refractivity contribution in [3.05, 3.63) is 48.0 Å². The van der Waals surface area contributed by atoms with E-state index in [0.717, 1.165) is 17.8 Å². The maximum atomic E-state index is 4.02. The average Bonchev–Trinajstić information content (AvgIpc) is 2.27. The van der Waals surface area contributed by atoms with Crippen molar-refractivity contribution in [1.29, 1.82) is 0 Å². The molecule has 1 rings (SSSR count). The fourth-order valence-corrected chi connectivity index (χ4v) is 1.98. The van der Waals surface area contributed by atoms with Gasteiger partial charge in [0, 0.05) is 12.2 Å². The Balaban J connectivity index is 2.90. The van der Waals surface area contributed by atoms with Crippen LogP contribution in [0.3, 0.4) is 0 Å². The van der Waals surface area contributed by atoms with Crippen molar-refractivity contribution < 1.29 is 0 Å². The number of nitrogens with one attached hydrogen (secondary N) is 1. The highest BCUT2D eigenvalue weighted by Crippen LogP contribution is 2.24. The number of hydrogen-bond acceptors (Lipinski definition) is 1. The van der Waals surface area contributed by atoms with E-state index in [2.05, 4.69) is 76.9 Å². The van der Waals surface area contributed by atoms with Gasteiger partial charge in [-0.05, 0) is 36.0 Å². The second kappa shape index (κ2) is 5.90. The minimum Gasteiger partial charge on any atom is -0.385 e. The number of allylic oxidation sites excluding steroid dienone is 2. The van der Waals surface area contributed by atoms with Crippen LogP contribution in [0, 0.1) is 5.41 Å². The molecule has 1 aromatic rings. The molecule has 1 aromatic carbocycles. The first-order chi connectivity index (χ1) is 8.33. The monoisotopic (exact) mass is 243 g/mol. The first-order valence-electron chi connectivity index (χ1n) is 6.56. The van der Waals surface area contributed by atoms with E-state index in [1.165, 1.54) is 11.1 Å². The second-order valence-electron chi connectivity index (χ2n) is 5.78. The molecular weight excluding hydrogens is 218 g/mol. The van der Waals surface area contributed by atoms with Crippen LogP contribution in [0.2, 0.25) is 0 Å². The topological polar surface area (TPSA) is 12.0 Å². The van der Waals surface area contributed by atoms with Gasteiger partial charge in [-0.25, -0.2) is 0 Å². The lowest BCUT2D eigenvalue weighted by molar-refractivity contribution is 0.545. The number of benzene rings is 1. The molecule has 0 spiro atoms. The molecule has 0 radical (unpaired) electrons. The third-order valence-corrected chi connectivity index (χ3v) is 2.73. The van der Waals surface area contributed by atoms with Crippen molar-refractivity contribution in [2.45, 2.75) is 34.6 Å². The molecule has 0 aliphatic carbocycles. The van der Waals surface area contributed by atoms with Gasteiger partial charge >= 0.3 is 0 Å². The van der Waals surface area contributed by atoms with E-state index >= 15 is 0 Å². The highest BCUT2D eigenvalue weighted by molar-refractivity contribution is 5.68. The van der Waals surface area contributed by atoms with E-state index in [0.29, 0.717) is 0 Å². The van der Waals surface area contributed by atoms with E-state index < -0.39 is 0 Å². The molecule has 0 aliphatic rings. The zero-order valence-corrected chi connectivity index (χ0v) is 12.3. The summed E-state index contributed by atoms with van der Waals surface area (Å²) in [4.78, 5) is 0. The van der Waals surface area contributed by atoms with Crippen molar-refractivity contribution in [1.82, 2.24) is 5.32 Å². The van der Waals surface area contributed by atoms with Gasteiger partial charge in [0.1, 0.15) is 0 Å². The zero-order valence-electron chi connectivity index (χ0n) is 12.3. The molecule has 18 heavy (non-hydrogen) atoms. The lowest BCUT2D eigenvalue weighted by Crippen LogP contribution is -2.09. The molecule has 0 saturated heterocycles. The minimum atomic E-state index is 0.218. The summed E-state index contributed by atoms with van der Waals surface area (Å²) < 4.78 is 0. The molecule has 0 aromatic heterocycles. The minimum absolute atomic E-state index is 0.218. The summed E-state index contributed by atoms with van der Waals surface area (Å²) in [6.07, 6.45) is 2.31. The van der Waals surface area contributed by atoms with Gasteiger partial charge in [0.15, 0.2) is 0 Å². The van der Waals surface area contributed by atoms with Crippen LogP contribution in [-0.2, 0) is 0 Å². The summed E-state index contributed by atoms with van der Waals surface area (Å²) in [5, 5.41) is 3.24. The van der Waals surface area contributed by atoms with Crippen molar-refractivity contribution in [2.24, 2.45) is 5.41 Å². The van der Waals surface area contributed by atoms with Crippen LogP contribution < -0.4 is 5.32 Å². The Morgan fingerprint density at radius 1 is 1.17 bits per heavy atom. The fourth-order valence-electron chi connectivity index (χ4n) is 1.98. The summed E-state index contributed by atoms with van der Waals surface area (Å²) in [6.45, 7) is 15.8. The van der Waals surface area contributed by atoms with E-state index in [4.69, 9.17) is 0 Å². The standard InChI is InChI=1S/C17H25N/c1-7-18-14(3)16-10-8-15(9-11-16)13(2)12-17(4,5)6/h8-12,18H,3,7H2,1-2,4-6H3/b13-12+. The van der Waals surface area contributed by atoms with Crippen LogP contribution in [0.5, 0.6) is 0 Å². The van der Waals surface area contributed by atoms with E-state index in [9.17, 15) is 0 Å². The lowest BCUT2D eigenvalue weighted by Gasteiger charge is -2.15. The summed E-state index contributed by atoms with van der Waals surface area (Å²) in [6, 6.07) is 8.57. The Kier molecular flexibility index (Phi) is 4.77. The zero-order chi connectivity index (χ0) is 13.8. The maximum Gasteiger partial charge on any atom is 0.0340 e. The fraction of sp³-hybridized carbons (Fsp3) is 0.412. The van der Waals surface area contributed by atoms with Crippen LogP contribution >= 0.6 is 0 Å². The molecule has 0 unspecified atom stereocenters. The summed E-state index contributed by atoms with van der Waals surface area (Å²) in [7, 11) is 0. The maximum absolute atomic E-state index is 4.02. The van der Waals surface area contributed by atoms with Crippen molar-refractivity contribution in [3.63, 3.8) is 0 Å². The normalized spacial score (nSPS) is 12.4. The van der Waals surface area contributed by atoms with E-state index in [1.807, 2.05) is 0 Å². The Morgan fingerprint density at radius 2 is 1.67 bits per heavy atom. The molecule has 1 N–H and O–H groups in total. The van der Waals surface area contributed by atoms with Gasteiger partial charge in [-0.2, -0.15) is 0 Å². The van der Waals surface area contributed by atoms with Crippen molar-refractivity contribution >= 4 is 11.3 Å². The predicted molar refractivity (Wildman–Crippen MR) is 82.3 cm³/mol. The van der Waals surface area contributed by atoms with Gasteiger partial charge in [0.25, 0.3) is 0 Å². The van der Waals surface area contributed by atoms with Crippen LogP contribution in [0.15, 0.2) is 36.9 Å². The quantitative estimate of drug-likeness (QED) is 0.807. The second-order valence-corrected chi connectivity index (χ2v) is 5.78. The highest BCUT2D eigenvalue weighted by atomic mass is 14.9. The van der Waals surface area contributed by atoms with Gasteiger partial charge in [0.05, 0.1) is 0 Å². The van der Waals surface area contributed by atoms with Gasteiger partial charge in [-0.3, -0.25) is 0 Å². The largest absolute Gasteiger partial charge is 0.385 e. The molecule has 0 saturated carbocycles. The van der Waals surface area contributed by atoms with Gasteiger partial charge in [-0.1, -0.05) is 57.7 Å².